The van der Waals surface area contributed by atoms with E-state index in [0.717, 1.165) is 35.7 Å². The normalized spacial score (nSPS) is 13.1. The molecule has 3 nitrogen and oxygen atoms in total. The summed E-state index contributed by atoms with van der Waals surface area (Å²) in [5.74, 6) is 0. The monoisotopic (exact) mass is 324 g/mol. The SMILES string of the molecule is CCCC/C(=C(/C)c1ccc(C)cc1)P(=O)(OCC)OCC. The Kier molecular flexibility index (Phi) is 8.09. The summed E-state index contributed by atoms with van der Waals surface area (Å²) in [5, 5.41) is 0.821. The number of hydrogen-bond acceptors (Lipinski definition) is 3. The van der Waals surface area contributed by atoms with Crippen LogP contribution in [0, 0.1) is 6.92 Å². The second-order valence-corrected chi connectivity index (χ2v) is 7.43. The van der Waals surface area contributed by atoms with Crippen LogP contribution < -0.4 is 0 Å². The Morgan fingerprint density at radius 2 is 1.59 bits per heavy atom. The van der Waals surface area contributed by atoms with Gasteiger partial charge in [0.05, 0.1) is 13.2 Å². The minimum Gasteiger partial charge on any atom is -0.306 e. The van der Waals surface area contributed by atoms with E-state index in [2.05, 4.69) is 38.1 Å². The van der Waals surface area contributed by atoms with Gasteiger partial charge in [-0.3, -0.25) is 4.57 Å². The Morgan fingerprint density at radius 1 is 1.05 bits per heavy atom. The lowest BCUT2D eigenvalue weighted by molar-refractivity contribution is 0.225. The number of benzene rings is 1. The molecule has 1 aromatic rings. The van der Waals surface area contributed by atoms with Crippen molar-refractivity contribution in [2.24, 2.45) is 0 Å². The van der Waals surface area contributed by atoms with Crippen LogP contribution in [-0.2, 0) is 13.6 Å². The molecule has 0 unspecified atom stereocenters. The Hall–Kier alpha value is -0.890. The topological polar surface area (TPSA) is 35.5 Å². The number of aryl methyl sites for hydroxylation is 1. The van der Waals surface area contributed by atoms with E-state index in [1.165, 1.54) is 5.56 Å². The molecule has 1 aromatic carbocycles. The van der Waals surface area contributed by atoms with Crippen LogP contribution in [0.5, 0.6) is 0 Å². The van der Waals surface area contributed by atoms with Crippen LogP contribution in [0.4, 0.5) is 0 Å². The first-order valence-corrected chi connectivity index (χ1v) is 9.69. The predicted molar refractivity (Wildman–Crippen MR) is 94.2 cm³/mol. The first-order valence-electron chi connectivity index (χ1n) is 8.14. The maximum Gasteiger partial charge on any atom is 0.357 e. The molecular weight excluding hydrogens is 295 g/mol. The average Bonchev–Trinajstić information content (AvgIpc) is 2.48. The minimum atomic E-state index is -3.21. The summed E-state index contributed by atoms with van der Waals surface area (Å²) in [6.07, 6.45) is 2.76. The van der Waals surface area contributed by atoms with E-state index < -0.39 is 7.60 Å². The molecule has 0 N–H and O–H groups in total. The average molecular weight is 324 g/mol. The summed E-state index contributed by atoms with van der Waals surface area (Å²) in [7, 11) is -3.21. The van der Waals surface area contributed by atoms with E-state index in [9.17, 15) is 4.57 Å². The molecule has 124 valence electrons. The van der Waals surface area contributed by atoms with E-state index >= 15 is 0 Å². The van der Waals surface area contributed by atoms with Crippen LogP contribution >= 0.6 is 7.60 Å². The van der Waals surface area contributed by atoms with Crippen molar-refractivity contribution in [2.75, 3.05) is 13.2 Å². The lowest BCUT2D eigenvalue weighted by atomic mass is 10.0. The van der Waals surface area contributed by atoms with Gasteiger partial charge in [-0.25, -0.2) is 0 Å². The van der Waals surface area contributed by atoms with Crippen LogP contribution in [0.1, 0.15) is 58.1 Å². The largest absolute Gasteiger partial charge is 0.357 e. The first kappa shape index (κ1) is 19.2. The molecule has 0 bridgehead atoms. The van der Waals surface area contributed by atoms with Gasteiger partial charge in [0.1, 0.15) is 0 Å². The highest BCUT2D eigenvalue weighted by molar-refractivity contribution is 7.58. The van der Waals surface area contributed by atoms with Gasteiger partial charge in [0, 0.05) is 5.31 Å². The van der Waals surface area contributed by atoms with E-state index in [4.69, 9.17) is 9.05 Å². The maximum atomic E-state index is 13.2. The van der Waals surface area contributed by atoms with Gasteiger partial charge in [-0.2, -0.15) is 0 Å². The molecule has 0 spiro atoms. The van der Waals surface area contributed by atoms with Gasteiger partial charge in [-0.05, 0) is 51.7 Å². The number of allylic oxidation sites excluding steroid dienone is 2. The summed E-state index contributed by atoms with van der Waals surface area (Å²) in [6, 6.07) is 8.28. The highest BCUT2D eigenvalue weighted by Crippen LogP contribution is 2.59. The van der Waals surface area contributed by atoms with E-state index in [-0.39, 0.29) is 0 Å². The van der Waals surface area contributed by atoms with E-state index in [1.54, 1.807) is 0 Å². The van der Waals surface area contributed by atoms with Crippen LogP contribution in [0.25, 0.3) is 5.57 Å². The zero-order chi connectivity index (χ0) is 16.6. The van der Waals surface area contributed by atoms with Crippen molar-refractivity contribution < 1.29 is 13.6 Å². The molecule has 0 aliphatic heterocycles. The Morgan fingerprint density at radius 3 is 2.05 bits per heavy atom. The summed E-state index contributed by atoms with van der Waals surface area (Å²) >= 11 is 0. The zero-order valence-electron chi connectivity index (χ0n) is 14.5. The number of rotatable bonds is 9. The molecule has 0 amide bonds. The number of hydrogen-bond donors (Lipinski definition) is 0. The van der Waals surface area contributed by atoms with Gasteiger partial charge in [-0.1, -0.05) is 43.2 Å². The van der Waals surface area contributed by atoms with Crippen LogP contribution in [0.2, 0.25) is 0 Å². The summed E-state index contributed by atoms with van der Waals surface area (Å²) in [5.41, 5.74) is 3.31. The molecule has 0 saturated carbocycles. The van der Waals surface area contributed by atoms with Gasteiger partial charge in [0.15, 0.2) is 0 Å². The third kappa shape index (κ3) is 5.08. The molecule has 0 heterocycles. The highest BCUT2D eigenvalue weighted by atomic mass is 31.2. The third-order valence-corrected chi connectivity index (χ3v) is 6.03. The van der Waals surface area contributed by atoms with Gasteiger partial charge in [0.2, 0.25) is 0 Å². The second-order valence-electron chi connectivity index (χ2n) is 5.37. The molecule has 4 heteroatoms. The van der Waals surface area contributed by atoms with Gasteiger partial charge in [0.25, 0.3) is 0 Å². The molecule has 22 heavy (non-hydrogen) atoms. The standard InChI is InChI=1S/C18H29O3P/c1-6-9-10-18(22(19,20-7-2)21-8-3)16(5)17-13-11-15(4)12-14-17/h11-14H,6-10H2,1-5H3/b18-16+. The third-order valence-electron chi connectivity index (χ3n) is 3.61. The van der Waals surface area contributed by atoms with Crippen molar-refractivity contribution in [3.05, 3.63) is 40.7 Å². The molecule has 0 atom stereocenters. The second kappa shape index (κ2) is 9.29. The summed E-state index contributed by atoms with van der Waals surface area (Å²) in [4.78, 5) is 0. The maximum absolute atomic E-state index is 13.2. The molecule has 0 fully saturated rings. The molecule has 0 aliphatic rings. The van der Waals surface area contributed by atoms with E-state index in [1.807, 2.05) is 20.8 Å². The Bertz CT molecular complexity index is 522. The smallest absolute Gasteiger partial charge is 0.306 e. The van der Waals surface area contributed by atoms with Gasteiger partial charge < -0.3 is 9.05 Å². The van der Waals surface area contributed by atoms with Crippen LogP contribution in [0.15, 0.2) is 29.6 Å². The number of unbranched alkanes of at least 4 members (excludes halogenated alkanes) is 1. The Labute approximate surface area is 135 Å². The summed E-state index contributed by atoms with van der Waals surface area (Å²) < 4.78 is 24.3. The van der Waals surface area contributed by atoms with Crippen molar-refractivity contribution in [3.63, 3.8) is 0 Å². The van der Waals surface area contributed by atoms with Crippen LogP contribution in [-0.4, -0.2) is 13.2 Å². The quantitative estimate of drug-likeness (QED) is 0.509. The van der Waals surface area contributed by atoms with Gasteiger partial charge >= 0.3 is 7.60 Å². The predicted octanol–water partition coefficient (Wildman–Crippen LogP) is 6.18. The molecule has 0 aromatic heterocycles. The van der Waals surface area contributed by atoms with Crippen molar-refractivity contribution in [1.29, 1.82) is 0 Å². The lowest BCUT2D eigenvalue weighted by Gasteiger charge is -2.22. The van der Waals surface area contributed by atoms with Crippen molar-refractivity contribution in [2.45, 2.75) is 53.9 Å². The Balaban J connectivity index is 3.32. The molecule has 0 saturated heterocycles. The molecule has 1 rings (SSSR count). The molecule has 0 aliphatic carbocycles. The molecule has 0 radical (unpaired) electrons. The molecular formula is C18H29O3P. The first-order chi connectivity index (χ1) is 10.5. The summed E-state index contributed by atoms with van der Waals surface area (Å²) in [6.45, 7) is 10.7. The van der Waals surface area contributed by atoms with Crippen molar-refractivity contribution in [3.8, 4) is 0 Å². The fraction of sp³-hybridized carbons (Fsp3) is 0.556. The lowest BCUT2D eigenvalue weighted by Crippen LogP contribution is -2.01. The van der Waals surface area contributed by atoms with Crippen LogP contribution in [0.3, 0.4) is 0 Å². The minimum absolute atomic E-state index is 0.383. The fourth-order valence-corrected chi connectivity index (χ4v) is 4.42. The van der Waals surface area contributed by atoms with Crippen molar-refractivity contribution in [1.82, 2.24) is 0 Å². The highest BCUT2D eigenvalue weighted by Gasteiger charge is 2.31. The fourth-order valence-electron chi connectivity index (χ4n) is 2.38. The van der Waals surface area contributed by atoms with Gasteiger partial charge in [-0.15, -0.1) is 0 Å². The zero-order valence-corrected chi connectivity index (χ0v) is 15.4. The van der Waals surface area contributed by atoms with Crippen molar-refractivity contribution >= 4 is 13.2 Å². The van der Waals surface area contributed by atoms with E-state index in [0.29, 0.717) is 13.2 Å².